The summed E-state index contributed by atoms with van der Waals surface area (Å²) in [5.74, 6) is 0.131. The number of nitrogens with zero attached hydrogens (tertiary/aromatic N) is 1. The van der Waals surface area contributed by atoms with E-state index >= 15 is 0 Å². The molecule has 1 fully saturated rings. The highest BCUT2D eigenvalue weighted by atomic mass is 16.2. The summed E-state index contributed by atoms with van der Waals surface area (Å²) in [7, 11) is 0. The van der Waals surface area contributed by atoms with Crippen molar-refractivity contribution in [1.82, 2.24) is 0 Å². The van der Waals surface area contributed by atoms with Gasteiger partial charge in [0.25, 0.3) is 5.91 Å². The molecule has 3 heteroatoms. The van der Waals surface area contributed by atoms with E-state index in [9.17, 15) is 4.79 Å². The van der Waals surface area contributed by atoms with Crippen molar-refractivity contribution < 1.29 is 4.79 Å². The van der Waals surface area contributed by atoms with Crippen LogP contribution < -0.4 is 10.2 Å². The maximum atomic E-state index is 14.2. The fraction of sp³-hybridized carbons (Fsp3) is 0.345. The normalized spacial score (nSPS) is 18.4. The third-order valence-corrected chi connectivity index (χ3v) is 7.27. The SMILES string of the molecule is O=C(C(Nc1ccccc1)c1ccccc1)N1CC2(CCCCCCC2)c2ccccc21. The number of hydrogen-bond acceptors (Lipinski definition) is 2. The summed E-state index contributed by atoms with van der Waals surface area (Å²) in [6, 6.07) is 28.4. The molecule has 1 atom stereocenters. The van der Waals surface area contributed by atoms with Gasteiger partial charge in [-0.05, 0) is 42.2 Å². The third-order valence-electron chi connectivity index (χ3n) is 7.27. The van der Waals surface area contributed by atoms with Gasteiger partial charge in [-0.2, -0.15) is 0 Å². The van der Waals surface area contributed by atoms with Crippen LogP contribution in [0.5, 0.6) is 0 Å². The lowest BCUT2D eigenvalue weighted by Crippen LogP contribution is -2.41. The zero-order chi connectivity index (χ0) is 21.8. The average molecular weight is 425 g/mol. The first-order chi connectivity index (χ1) is 15.8. The number of benzene rings is 3. The van der Waals surface area contributed by atoms with E-state index in [-0.39, 0.29) is 11.3 Å². The molecule has 3 aromatic carbocycles. The largest absolute Gasteiger partial charge is 0.370 e. The van der Waals surface area contributed by atoms with Crippen LogP contribution >= 0.6 is 0 Å². The first-order valence-electron chi connectivity index (χ1n) is 12.0. The molecule has 0 aromatic heterocycles. The van der Waals surface area contributed by atoms with Gasteiger partial charge >= 0.3 is 0 Å². The minimum atomic E-state index is -0.421. The molecule has 1 aliphatic carbocycles. The molecule has 1 unspecified atom stereocenters. The molecule has 164 valence electrons. The van der Waals surface area contributed by atoms with Gasteiger partial charge in [-0.25, -0.2) is 0 Å². The van der Waals surface area contributed by atoms with E-state index in [0.29, 0.717) is 0 Å². The predicted octanol–water partition coefficient (Wildman–Crippen LogP) is 6.87. The minimum absolute atomic E-state index is 0.0979. The highest BCUT2D eigenvalue weighted by Crippen LogP contribution is 2.48. The van der Waals surface area contributed by atoms with Gasteiger partial charge in [0.1, 0.15) is 6.04 Å². The quantitative estimate of drug-likeness (QED) is 0.496. The molecule has 32 heavy (non-hydrogen) atoms. The lowest BCUT2D eigenvalue weighted by molar-refractivity contribution is -0.119. The van der Waals surface area contributed by atoms with E-state index in [1.165, 1.54) is 50.5 Å². The second-order valence-electron chi connectivity index (χ2n) is 9.34. The van der Waals surface area contributed by atoms with Gasteiger partial charge in [0.2, 0.25) is 0 Å². The lowest BCUT2D eigenvalue weighted by Gasteiger charge is -2.33. The zero-order valence-electron chi connectivity index (χ0n) is 18.7. The summed E-state index contributed by atoms with van der Waals surface area (Å²) < 4.78 is 0. The Labute approximate surface area is 191 Å². The Bertz CT molecular complexity index is 1040. The fourth-order valence-electron chi connectivity index (χ4n) is 5.63. The number of anilines is 2. The summed E-state index contributed by atoms with van der Waals surface area (Å²) in [5, 5.41) is 3.53. The number of carbonyl (C=O) groups excluding carboxylic acids is 1. The molecule has 3 nitrogen and oxygen atoms in total. The minimum Gasteiger partial charge on any atom is -0.370 e. The van der Waals surface area contributed by atoms with Gasteiger partial charge in [-0.1, -0.05) is 98.8 Å². The second-order valence-corrected chi connectivity index (χ2v) is 9.34. The Morgan fingerprint density at radius 3 is 2.06 bits per heavy atom. The Morgan fingerprint density at radius 2 is 1.34 bits per heavy atom. The van der Waals surface area contributed by atoms with E-state index in [4.69, 9.17) is 0 Å². The molecule has 0 bridgehead atoms. The van der Waals surface area contributed by atoms with E-state index in [2.05, 4.69) is 34.5 Å². The molecule has 1 spiro atoms. The molecule has 5 rings (SSSR count). The van der Waals surface area contributed by atoms with Crippen molar-refractivity contribution >= 4 is 17.3 Å². The van der Waals surface area contributed by atoms with Crippen molar-refractivity contribution in [3.8, 4) is 0 Å². The van der Waals surface area contributed by atoms with Crippen molar-refractivity contribution in [1.29, 1.82) is 0 Å². The summed E-state index contributed by atoms with van der Waals surface area (Å²) in [6.07, 6.45) is 8.81. The van der Waals surface area contributed by atoms with Crippen LogP contribution in [0.15, 0.2) is 84.9 Å². The first kappa shape index (κ1) is 20.8. The summed E-state index contributed by atoms with van der Waals surface area (Å²) in [6.45, 7) is 0.797. The molecule has 1 heterocycles. The zero-order valence-corrected chi connectivity index (χ0v) is 18.7. The lowest BCUT2D eigenvalue weighted by atomic mass is 9.72. The molecule has 1 N–H and O–H groups in total. The average Bonchev–Trinajstić information content (AvgIpc) is 3.16. The molecule has 2 aliphatic rings. The van der Waals surface area contributed by atoms with Gasteiger partial charge in [0, 0.05) is 23.3 Å². The van der Waals surface area contributed by atoms with Crippen molar-refractivity contribution in [3.63, 3.8) is 0 Å². The monoisotopic (exact) mass is 424 g/mol. The van der Waals surface area contributed by atoms with Crippen LogP contribution in [0.25, 0.3) is 0 Å². The molecule has 3 aromatic rings. The highest BCUT2D eigenvalue weighted by molar-refractivity contribution is 6.01. The maximum absolute atomic E-state index is 14.2. The molecule has 1 amide bonds. The van der Waals surface area contributed by atoms with Gasteiger partial charge in [-0.15, -0.1) is 0 Å². The Kier molecular flexibility index (Phi) is 5.98. The van der Waals surface area contributed by atoms with Gasteiger partial charge in [0.05, 0.1) is 0 Å². The standard InChI is InChI=1S/C29H32N2O/c32-28(27(23-14-6-4-7-15-23)30-24-16-8-5-9-17-24)31-22-29(20-12-2-1-3-13-21-29)25-18-10-11-19-26(25)31/h4-11,14-19,27,30H,1-3,12-13,20-22H2. The maximum Gasteiger partial charge on any atom is 0.254 e. The van der Waals surface area contributed by atoms with E-state index in [1.807, 2.05) is 60.7 Å². The smallest absolute Gasteiger partial charge is 0.254 e. The fourth-order valence-corrected chi connectivity index (χ4v) is 5.63. The Morgan fingerprint density at radius 1 is 0.750 bits per heavy atom. The number of carbonyl (C=O) groups is 1. The second kappa shape index (κ2) is 9.20. The third kappa shape index (κ3) is 4.04. The number of nitrogens with one attached hydrogen (secondary N) is 1. The van der Waals surface area contributed by atoms with Gasteiger partial charge < -0.3 is 10.2 Å². The van der Waals surface area contributed by atoms with Crippen molar-refractivity contribution in [2.24, 2.45) is 0 Å². The van der Waals surface area contributed by atoms with Crippen LogP contribution in [0, 0.1) is 0 Å². The highest BCUT2D eigenvalue weighted by Gasteiger charge is 2.45. The van der Waals surface area contributed by atoms with Gasteiger partial charge in [0.15, 0.2) is 0 Å². The molecule has 1 aliphatic heterocycles. The van der Waals surface area contributed by atoms with Crippen LogP contribution in [0.3, 0.4) is 0 Å². The van der Waals surface area contributed by atoms with E-state index in [1.54, 1.807) is 0 Å². The molecular weight excluding hydrogens is 392 g/mol. The predicted molar refractivity (Wildman–Crippen MR) is 132 cm³/mol. The van der Waals surface area contributed by atoms with Crippen LogP contribution in [0.2, 0.25) is 0 Å². The number of fused-ring (bicyclic) bond motifs is 2. The van der Waals surface area contributed by atoms with E-state index in [0.717, 1.165) is 23.5 Å². The number of rotatable bonds is 4. The molecule has 0 radical (unpaired) electrons. The Balaban J connectivity index is 1.51. The van der Waals surface area contributed by atoms with Crippen LogP contribution in [0.4, 0.5) is 11.4 Å². The summed E-state index contributed by atoms with van der Waals surface area (Å²) in [5.41, 5.74) is 4.54. The van der Waals surface area contributed by atoms with Crippen molar-refractivity contribution in [2.45, 2.75) is 56.4 Å². The first-order valence-corrected chi connectivity index (χ1v) is 12.0. The van der Waals surface area contributed by atoms with Crippen LogP contribution in [-0.2, 0) is 10.2 Å². The van der Waals surface area contributed by atoms with E-state index < -0.39 is 6.04 Å². The van der Waals surface area contributed by atoms with Gasteiger partial charge in [-0.3, -0.25) is 4.79 Å². The van der Waals surface area contributed by atoms with Crippen molar-refractivity contribution in [3.05, 3.63) is 96.1 Å². The molecule has 1 saturated carbocycles. The number of amides is 1. The van der Waals surface area contributed by atoms with Crippen LogP contribution in [0.1, 0.15) is 62.1 Å². The molecular formula is C29H32N2O. The van der Waals surface area contributed by atoms with Crippen molar-refractivity contribution in [2.75, 3.05) is 16.8 Å². The number of hydrogen-bond donors (Lipinski definition) is 1. The number of para-hydroxylation sites is 2. The topological polar surface area (TPSA) is 32.3 Å². The van der Waals surface area contributed by atoms with Crippen LogP contribution in [-0.4, -0.2) is 12.5 Å². The summed E-state index contributed by atoms with van der Waals surface area (Å²) >= 11 is 0. The summed E-state index contributed by atoms with van der Waals surface area (Å²) in [4.78, 5) is 16.2. The Hall–Kier alpha value is -3.07. The molecule has 0 saturated heterocycles.